The van der Waals surface area contributed by atoms with Crippen LogP contribution < -0.4 is 5.32 Å². The number of hydrogen-bond acceptors (Lipinski definition) is 2. The fourth-order valence-corrected chi connectivity index (χ4v) is 2.80. The maximum absolute atomic E-state index is 11.5. The van der Waals surface area contributed by atoms with Crippen LogP contribution in [0.25, 0.3) is 0 Å². The molecule has 3 heteroatoms. The molecule has 1 unspecified atom stereocenters. The Labute approximate surface area is 118 Å². The summed E-state index contributed by atoms with van der Waals surface area (Å²) in [6, 6.07) is 11.7. The van der Waals surface area contributed by atoms with Crippen molar-refractivity contribution in [1.82, 2.24) is 0 Å². The topological polar surface area (TPSA) is 49.3 Å². The number of aryl methyl sites for hydroxylation is 2. The Kier molecular flexibility index (Phi) is 3.07. The molecule has 2 N–H and O–H groups in total. The number of anilines is 1. The van der Waals surface area contributed by atoms with E-state index in [2.05, 4.69) is 5.32 Å². The Hall–Kier alpha value is -2.13. The van der Waals surface area contributed by atoms with Crippen LogP contribution in [0.15, 0.2) is 36.4 Å². The molecule has 0 saturated carbocycles. The summed E-state index contributed by atoms with van der Waals surface area (Å²) in [4.78, 5) is 11.5. The average molecular weight is 267 g/mol. The molecule has 1 heterocycles. The molecule has 1 atom stereocenters. The lowest BCUT2D eigenvalue weighted by atomic mass is 9.94. The molecule has 0 saturated heterocycles. The van der Waals surface area contributed by atoms with Crippen molar-refractivity contribution in [3.8, 4) is 0 Å². The Balaban J connectivity index is 2.04. The Bertz CT molecular complexity index is 691. The predicted octanol–water partition coefficient (Wildman–Crippen LogP) is 2.88. The second kappa shape index (κ2) is 4.76. The first kappa shape index (κ1) is 12.9. The van der Waals surface area contributed by atoms with Gasteiger partial charge in [0, 0.05) is 5.69 Å². The van der Waals surface area contributed by atoms with Crippen molar-refractivity contribution < 1.29 is 9.90 Å². The lowest BCUT2D eigenvalue weighted by Gasteiger charge is -2.16. The Morgan fingerprint density at radius 3 is 2.65 bits per heavy atom. The molecule has 1 aliphatic heterocycles. The van der Waals surface area contributed by atoms with E-state index in [-0.39, 0.29) is 5.91 Å². The van der Waals surface area contributed by atoms with Crippen LogP contribution >= 0.6 is 0 Å². The van der Waals surface area contributed by atoms with E-state index in [0.29, 0.717) is 6.42 Å². The number of rotatable bonds is 2. The standard InChI is InChI=1S/C17H17NO2/c1-10-5-3-4-6-14(10)17(20)13-7-11(2)16-12(8-13)9-15(19)18-16/h3-8,17,20H,9H2,1-2H3,(H,18,19). The van der Waals surface area contributed by atoms with E-state index < -0.39 is 6.10 Å². The number of aliphatic hydroxyl groups is 1. The molecule has 3 rings (SSSR count). The molecular weight excluding hydrogens is 250 g/mol. The van der Waals surface area contributed by atoms with E-state index in [0.717, 1.165) is 33.5 Å². The summed E-state index contributed by atoms with van der Waals surface area (Å²) in [5.41, 5.74) is 5.67. The highest BCUT2D eigenvalue weighted by Gasteiger charge is 2.22. The molecule has 0 aromatic heterocycles. The zero-order valence-electron chi connectivity index (χ0n) is 11.6. The number of benzene rings is 2. The van der Waals surface area contributed by atoms with Crippen LogP contribution in [0.2, 0.25) is 0 Å². The Morgan fingerprint density at radius 2 is 1.90 bits per heavy atom. The van der Waals surface area contributed by atoms with Gasteiger partial charge in [0.15, 0.2) is 0 Å². The summed E-state index contributed by atoms with van der Waals surface area (Å²) in [6.45, 7) is 3.95. The van der Waals surface area contributed by atoms with Crippen molar-refractivity contribution in [2.45, 2.75) is 26.4 Å². The van der Waals surface area contributed by atoms with Crippen LogP contribution in [0, 0.1) is 13.8 Å². The number of hydrogen-bond donors (Lipinski definition) is 2. The van der Waals surface area contributed by atoms with Crippen molar-refractivity contribution in [3.63, 3.8) is 0 Å². The summed E-state index contributed by atoms with van der Waals surface area (Å²) < 4.78 is 0. The first-order valence-corrected chi connectivity index (χ1v) is 6.73. The fourth-order valence-electron chi connectivity index (χ4n) is 2.80. The predicted molar refractivity (Wildman–Crippen MR) is 78.8 cm³/mol. The second-order valence-corrected chi connectivity index (χ2v) is 5.36. The van der Waals surface area contributed by atoms with E-state index in [1.165, 1.54) is 0 Å². The summed E-state index contributed by atoms with van der Waals surface area (Å²) in [6.07, 6.45) is -0.263. The molecule has 0 fully saturated rings. The third kappa shape index (κ3) is 2.10. The minimum Gasteiger partial charge on any atom is -0.384 e. The molecule has 0 bridgehead atoms. The molecule has 2 aromatic rings. The highest BCUT2D eigenvalue weighted by atomic mass is 16.3. The number of nitrogens with one attached hydrogen (secondary N) is 1. The van der Waals surface area contributed by atoms with Crippen LogP contribution in [0.3, 0.4) is 0 Å². The van der Waals surface area contributed by atoms with Crippen LogP contribution in [-0.4, -0.2) is 11.0 Å². The van der Waals surface area contributed by atoms with Gasteiger partial charge in [-0.1, -0.05) is 36.4 Å². The fraction of sp³-hybridized carbons (Fsp3) is 0.235. The van der Waals surface area contributed by atoms with E-state index in [4.69, 9.17) is 0 Å². The average Bonchev–Trinajstić information content (AvgIpc) is 2.79. The molecule has 0 aliphatic carbocycles. The van der Waals surface area contributed by atoms with Crippen LogP contribution in [0.4, 0.5) is 5.69 Å². The normalized spacial score (nSPS) is 14.8. The van der Waals surface area contributed by atoms with Gasteiger partial charge in [0.05, 0.1) is 6.42 Å². The largest absolute Gasteiger partial charge is 0.384 e. The van der Waals surface area contributed by atoms with Gasteiger partial charge in [-0.2, -0.15) is 0 Å². The molecule has 0 radical (unpaired) electrons. The highest BCUT2D eigenvalue weighted by molar-refractivity contribution is 6.00. The number of amides is 1. The summed E-state index contributed by atoms with van der Waals surface area (Å²) in [5.74, 6) is 0.0191. The molecule has 0 spiro atoms. The highest BCUT2D eigenvalue weighted by Crippen LogP contribution is 2.33. The summed E-state index contributed by atoms with van der Waals surface area (Å²) >= 11 is 0. The number of carbonyl (C=O) groups excluding carboxylic acids is 1. The SMILES string of the molecule is Cc1ccccc1C(O)c1cc(C)c2c(c1)CC(=O)N2. The van der Waals surface area contributed by atoms with Crippen molar-refractivity contribution in [1.29, 1.82) is 0 Å². The monoisotopic (exact) mass is 267 g/mol. The molecule has 102 valence electrons. The summed E-state index contributed by atoms with van der Waals surface area (Å²) in [7, 11) is 0. The van der Waals surface area contributed by atoms with E-state index >= 15 is 0 Å². The first-order chi connectivity index (χ1) is 9.56. The van der Waals surface area contributed by atoms with Crippen LogP contribution in [-0.2, 0) is 11.2 Å². The maximum atomic E-state index is 11.5. The number of fused-ring (bicyclic) bond motifs is 1. The third-order valence-electron chi connectivity index (χ3n) is 3.85. The molecular formula is C17H17NO2. The molecule has 2 aromatic carbocycles. The van der Waals surface area contributed by atoms with Crippen LogP contribution in [0.5, 0.6) is 0 Å². The second-order valence-electron chi connectivity index (χ2n) is 5.36. The van der Waals surface area contributed by atoms with Gasteiger partial charge in [0.2, 0.25) is 5.91 Å². The first-order valence-electron chi connectivity index (χ1n) is 6.73. The minimum atomic E-state index is -0.657. The van der Waals surface area contributed by atoms with Crippen LogP contribution in [0.1, 0.15) is 33.9 Å². The molecule has 20 heavy (non-hydrogen) atoms. The van der Waals surface area contributed by atoms with Crippen molar-refractivity contribution >= 4 is 11.6 Å². The number of aliphatic hydroxyl groups excluding tert-OH is 1. The maximum Gasteiger partial charge on any atom is 0.228 e. The van der Waals surface area contributed by atoms with Gasteiger partial charge in [0.1, 0.15) is 6.10 Å². The van der Waals surface area contributed by atoms with Crippen molar-refractivity contribution in [2.24, 2.45) is 0 Å². The zero-order chi connectivity index (χ0) is 14.3. The molecule has 3 nitrogen and oxygen atoms in total. The summed E-state index contributed by atoms with van der Waals surface area (Å²) in [5, 5.41) is 13.5. The number of carbonyl (C=O) groups is 1. The van der Waals surface area contributed by atoms with Gasteiger partial charge in [-0.3, -0.25) is 4.79 Å². The van der Waals surface area contributed by atoms with Gasteiger partial charge >= 0.3 is 0 Å². The van der Waals surface area contributed by atoms with E-state index in [1.807, 2.05) is 50.2 Å². The van der Waals surface area contributed by atoms with E-state index in [9.17, 15) is 9.90 Å². The third-order valence-corrected chi connectivity index (χ3v) is 3.85. The van der Waals surface area contributed by atoms with Gasteiger partial charge in [-0.25, -0.2) is 0 Å². The lowest BCUT2D eigenvalue weighted by molar-refractivity contribution is -0.115. The smallest absolute Gasteiger partial charge is 0.228 e. The molecule has 1 amide bonds. The Morgan fingerprint density at radius 1 is 1.15 bits per heavy atom. The quantitative estimate of drug-likeness (QED) is 0.879. The minimum absolute atomic E-state index is 0.0191. The van der Waals surface area contributed by atoms with Crippen molar-refractivity contribution in [2.75, 3.05) is 5.32 Å². The van der Waals surface area contributed by atoms with E-state index in [1.54, 1.807) is 0 Å². The van der Waals surface area contributed by atoms with Crippen molar-refractivity contribution in [3.05, 3.63) is 64.2 Å². The van der Waals surface area contributed by atoms with Gasteiger partial charge in [-0.05, 0) is 41.7 Å². The van der Waals surface area contributed by atoms with Gasteiger partial charge in [0.25, 0.3) is 0 Å². The van der Waals surface area contributed by atoms with Gasteiger partial charge < -0.3 is 10.4 Å². The zero-order valence-corrected chi connectivity index (χ0v) is 11.6. The lowest BCUT2D eigenvalue weighted by Crippen LogP contribution is -2.04. The van der Waals surface area contributed by atoms with Gasteiger partial charge in [-0.15, -0.1) is 0 Å². The molecule has 1 aliphatic rings.